The Labute approximate surface area is 126 Å². The van der Waals surface area contributed by atoms with Crippen LogP contribution in [0, 0.1) is 11.3 Å². The Balaban J connectivity index is 2.10. The van der Waals surface area contributed by atoms with Gasteiger partial charge in [-0.1, -0.05) is 19.3 Å². The van der Waals surface area contributed by atoms with Gasteiger partial charge in [-0.2, -0.15) is 5.26 Å². The minimum atomic E-state index is 0.0469. The highest BCUT2D eigenvalue weighted by Crippen LogP contribution is 2.33. The first-order valence-corrected chi connectivity index (χ1v) is 7.63. The van der Waals surface area contributed by atoms with Crippen molar-refractivity contribution in [3.63, 3.8) is 0 Å². The molecular weight excluding hydrogens is 264 g/mol. The number of aromatic nitrogens is 1. The van der Waals surface area contributed by atoms with Gasteiger partial charge in [-0.15, -0.1) is 0 Å². The third-order valence-corrected chi connectivity index (χ3v) is 4.54. The van der Waals surface area contributed by atoms with Crippen LogP contribution in [0.3, 0.4) is 0 Å². The van der Waals surface area contributed by atoms with Crippen molar-refractivity contribution < 1.29 is 5.11 Å². The van der Waals surface area contributed by atoms with E-state index in [-0.39, 0.29) is 12.1 Å². The van der Waals surface area contributed by atoms with Crippen LogP contribution >= 0.6 is 0 Å². The van der Waals surface area contributed by atoms with Crippen LogP contribution in [0.25, 0.3) is 0 Å². The van der Waals surface area contributed by atoms with Gasteiger partial charge in [0, 0.05) is 24.8 Å². The van der Waals surface area contributed by atoms with Gasteiger partial charge in [0.2, 0.25) is 0 Å². The predicted molar refractivity (Wildman–Crippen MR) is 83.0 cm³/mol. The summed E-state index contributed by atoms with van der Waals surface area (Å²) in [6.07, 6.45) is 7.64. The summed E-state index contributed by atoms with van der Waals surface area (Å²) in [5.74, 6) is 0.655. The van der Waals surface area contributed by atoms with Crippen LogP contribution in [0.4, 0.5) is 5.82 Å². The van der Waals surface area contributed by atoms with E-state index in [1.54, 1.807) is 18.3 Å². The molecule has 1 heterocycles. The summed E-state index contributed by atoms with van der Waals surface area (Å²) in [5.41, 5.74) is 0.624. The number of aliphatic hydroxyl groups excluding tert-OH is 1. The molecule has 5 nitrogen and oxygen atoms in total. The first-order valence-electron chi connectivity index (χ1n) is 7.63. The van der Waals surface area contributed by atoms with Gasteiger partial charge in [-0.3, -0.25) is 4.90 Å². The van der Waals surface area contributed by atoms with E-state index in [0.717, 1.165) is 19.4 Å². The van der Waals surface area contributed by atoms with Crippen molar-refractivity contribution >= 4 is 5.82 Å². The lowest BCUT2D eigenvalue weighted by molar-refractivity contribution is 0.0690. The number of rotatable bonds is 6. The van der Waals surface area contributed by atoms with Gasteiger partial charge in [0.05, 0.1) is 12.2 Å². The summed E-state index contributed by atoms with van der Waals surface area (Å²) in [6, 6.07) is 5.73. The topological polar surface area (TPSA) is 72.2 Å². The van der Waals surface area contributed by atoms with Crippen LogP contribution in [0.1, 0.15) is 37.7 Å². The molecule has 5 heteroatoms. The molecular formula is C16H24N4O. The minimum absolute atomic E-state index is 0.0469. The van der Waals surface area contributed by atoms with E-state index >= 15 is 0 Å². The number of nitriles is 1. The molecule has 0 radical (unpaired) electrons. The molecule has 0 saturated heterocycles. The molecule has 1 aliphatic rings. The van der Waals surface area contributed by atoms with Crippen molar-refractivity contribution in [2.75, 3.05) is 32.1 Å². The van der Waals surface area contributed by atoms with Gasteiger partial charge in [0.1, 0.15) is 11.9 Å². The largest absolute Gasteiger partial charge is 0.395 e. The zero-order chi connectivity index (χ0) is 15.1. The van der Waals surface area contributed by atoms with Gasteiger partial charge >= 0.3 is 0 Å². The smallest absolute Gasteiger partial charge is 0.143 e. The van der Waals surface area contributed by atoms with Crippen LogP contribution < -0.4 is 5.32 Å². The number of likely N-dealkylation sites (N-methyl/N-ethyl adjacent to an activating group) is 1. The molecule has 21 heavy (non-hydrogen) atoms. The molecule has 1 aromatic rings. The Morgan fingerprint density at radius 1 is 1.43 bits per heavy atom. The van der Waals surface area contributed by atoms with Crippen molar-refractivity contribution in [1.29, 1.82) is 5.26 Å². The van der Waals surface area contributed by atoms with Crippen molar-refractivity contribution in [2.45, 2.75) is 37.6 Å². The van der Waals surface area contributed by atoms with Crippen LogP contribution in [0.2, 0.25) is 0 Å². The van der Waals surface area contributed by atoms with E-state index in [1.165, 1.54) is 19.3 Å². The molecule has 1 saturated carbocycles. The normalized spacial score (nSPS) is 17.4. The van der Waals surface area contributed by atoms with E-state index in [0.29, 0.717) is 17.9 Å². The molecule has 114 valence electrons. The van der Waals surface area contributed by atoms with Crippen molar-refractivity contribution in [3.8, 4) is 6.07 Å². The zero-order valence-corrected chi connectivity index (χ0v) is 12.7. The molecule has 0 bridgehead atoms. The molecule has 0 spiro atoms. The molecule has 1 aromatic heterocycles. The Hall–Kier alpha value is -1.64. The first-order chi connectivity index (χ1) is 10.2. The second kappa shape index (κ2) is 7.39. The maximum atomic E-state index is 9.23. The third kappa shape index (κ3) is 3.72. The minimum Gasteiger partial charge on any atom is -0.395 e. The Morgan fingerprint density at radius 2 is 2.19 bits per heavy atom. The lowest BCUT2D eigenvalue weighted by atomic mass is 9.80. The van der Waals surface area contributed by atoms with Crippen LogP contribution in [0.5, 0.6) is 0 Å². The number of hydrogen-bond acceptors (Lipinski definition) is 5. The first kappa shape index (κ1) is 15.7. The molecule has 2 rings (SSSR count). The van der Waals surface area contributed by atoms with E-state index < -0.39 is 0 Å². The molecule has 0 amide bonds. The summed E-state index contributed by atoms with van der Waals surface area (Å²) >= 11 is 0. The third-order valence-electron chi connectivity index (χ3n) is 4.54. The zero-order valence-electron chi connectivity index (χ0n) is 12.7. The summed E-state index contributed by atoms with van der Waals surface area (Å²) < 4.78 is 0. The maximum absolute atomic E-state index is 9.23. The molecule has 1 fully saturated rings. The van der Waals surface area contributed by atoms with Gasteiger partial charge in [0.25, 0.3) is 0 Å². The summed E-state index contributed by atoms with van der Waals surface area (Å²) in [4.78, 5) is 6.53. The number of nitrogens with one attached hydrogen (secondary N) is 1. The lowest BCUT2D eigenvalue weighted by Gasteiger charge is -2.45. The number of β-amino-alcohol motifs (C(OH)–C–C–N with tert-alkyl or cyclic N) is 1. The number of aliphatic hydroxyl groups is 1. The molecule has 1 aliphatic carbocycles. The highest BCUT2D eigenvalue weighted by Gasteiger charge is 2.35. The number of nitrogens with zero attached hydrogens (tertiary/aromatic N) is 3. The molecule has 0 atom stereocenters. The van der Waals surface area contributed by atoms with Crippen molar-refractivity contribution in [1.82, 2.24) is 9.88 Å². The average Bonchev–Trinajstić information content (AvgIpc) is 2.54. The van der Waals surface area contributed by atoms with E-state index in [2.05, 4.69) is 28.3 Å². The van der Waals surface area contributed by atoms with Gasteiger partial charge in [-0.25, -0.2) is 4.98 Å². The number of pyridine rings is 1. The van der Waals surface area contributed by atoms with Crippen LogP contribution in [0.15, 0.2) is 18.3 Å². The van der Waals surface area contributed by atoms with Crippen molar-refractivity contribution in [3.05, 3.63) is 23.9 Å². The van der Waals surface area contributed by atoms with Crippen LogP contribution in [-0.2, 0) is 0 Å². The molecule has 0 aliphatic heterocycles. The Bertz CT molecular complexity index is 491. The van der Waals surface area contributed by atoms with Crippen molar-refractivity contribution in [2.24, 2.45) is 0 Å². The predicted octanol–water partition coefficient (Wildman–Crippen LogP) is 1.99. The van der Waals surface area contributed by atoms with E-state index in [9.17, 15) is 5.11 Å². The van der Waals surface area contributed by atoms with E-state index in [1.807, 2.05) is 0 Å². The summed E-state index contributed by atoms with van der Waals surface area (Å²) in [7, 11) is 2.08. The van der Waals surface area contributed by atoms with Gasteiger partial charge in [0.15, 0.2) is 0 Å². The molecule has 0 aromatic carbocycles. The molecule has 0 unspecified atom stereocenters. The quantitative estimate of drug-likeness (QED) is 0.837. The van der Waals surface area contributed by atoms with Crippen LogP contribution in [-0.4, -0.2) is 47.3 Å². The van der Waals surface area contributed by atoms with Gasteiger partial charge in [-0.05, 0) is 32.0 Å². The highest BCUT2D eigenvalue weighted by atomic mass is 16.3. The standard InChI is InChI=1S/C16H24N4O/c1-20(10-11-21)16(7-3-2-4-8-16)13-19-15-14(12-17)6-5-9-18-15/h5-6,9,21H,2-4,7-8,10-11,13H2,1H3,(H,18,19). The molecule has 2 N–H and O–H groups in total. The average molecular weight is 288 g/mol. The van der Waals surface area contributed by atoms with E-state index in [4.69, 9.17) is 5.26 Å². The number of anilines is 1. The fourth-order valence-electron chi connectivity index (χ4n) is 3.18. The Kier molecular flexibility index (Phi) is 5.54. The SMILES string of the molecule is CN(CCO)C1(CNc2ncccc2C#N)CCCCC1. The summed E-state index contributed by atoms with van der Waals surface area (Å²) in [5, 5.41) is 21.7. The number of hydrogen-bond donors (Lipinski definition) is 2. The fourth-order valence-corrected chi connectivity index (χ4v) is 3.18. The second-order valence-electron chi connectivity index (χ2n) is 5.80. The fraction of sp³-hybridized carbons (Fsp3) is 0.625. The van der Waals surface area contributed by atoms with Gasteiger partial charge < -0.3 is 10.4 Å². The lowest BCUT2D eigenvalue weighted by Crippen LogP contribution is -2.53. The highest BCUT2D eigenvalue weighted by molar-refractivity contribution is 5.51. The second-order valence-corrected chi connectivity index (χ2v) is 5.80. The Morgan fingerprint density at radius 3 is 2.86 bits per heavy atom. The monoisotopic (exact) mass is 288 g/mol. The maximum Gasteiger partial charge on any atom is 0.143 e. The summed E-state index contributed by atoms with van der Waals surface area (Å²) in [6.45, 7) is 1.61.